The fraction of sp³-hybridized carbons (Fsp3) is 0.500. The maximum absolute atomic E-state index is 15.4. The van der Waals surface area contributed by atoms with E-state index in [-0.39, 0.29) is 45.9 Å². The van der Waals surface area contributed by atoms with Crippen LogP contribution in [0.4, 0.5) is 21.5 Å². The Morgan fingerprint density at radius 1 is 1.20 bits per heavy atom. The van der Waals surface area contributed by atoms with E-state index in [0.29, 0.717) is 18.4 Å². The molecule has 2 unspecified atom stereocenters. The molecule has 1 saturated heterocycles. The van der Waals surface area contributed by atoms with Crippen LogP contribution >= 0.6 is 11.8 Å². The van der Waals surface area contributed by atoms with Crippen LogP contribution in [0.3, 0.4) is 0 Å². The van der Waals surface area contributed by atoms with Crippen molar-refractivity contribution in [3.8, 4) is 0 Å². The molecule has 4 rings (SSSR count). The molecular formula is C30H40FN3O5S. The molecular weight excluding hydrogens is 533 g/mol. The second-order valence-electron chi connectivity index (χ2n) is 10.2. The van der Waals surface area contributed by atoms with Gasteiger partial charge in [0.15, 0.2) is 5.82 Å². The Morgan fingerprint density at radius 2 is 1.88 bits per heavy atom. The lowest BCUT2D eigenvalue weighted by molar-refractivity contribution is 0.0743. The molecule has 0 saturated carbocycles. The minimum Gasteiger partial charge on any atom is -0.464 e. The first-order chi connectivity index (χ1) is 19.0. The molecule has 10 heteroatoms. The maximum Gasteiger partial charge on any atom is 0.257 e. The van der Waals surface area contributed by atoms with Crippen LogP contribution in [0, 0.1) is 12.7 Å². The Hall–Kier alpha value is -3.11. The number of methoxy groups -OCH3 is 1. The van der Waals surface area contributed by atoms with Crippen LogP contribution in [0.5, 0.6) is 0 Å². The summed E-state index contributed by atoms with van der Waals surface area (Å²) in [6, 6.07) is 7.83. The van der Waals surface area contributed by atoms with Crippen LogP contribution < -0.4 is 21.5 Å². The molecule has 1 aliphatic heterocycles. The van der Waals surface area contributed by atoms with E-state index in [0.717, 1.165) is 25.0 Å². The average molecular weight is 574 g/mol. The number of nitrogens with one attached hydrogen (secondary N) is 2. The maximum atomic E-state index is 15.4. The second-order valence-corrected chi connectivity index (χ2v) is 11.3. The number of aryl methyl sites for hydroxylation is 1. The highest BCUT2D eigenvalue weighted by atomic mass is 32.2. The van der Waals surface area contributed by atoms with Gasteiger partial charge < -0.3 is 24.7 Å². The first-order valence-corrected chi connectivity index (χ1v) is 14.9. The van der Waals surface area contributed by atoms with Gasteiger partial charge in [0.1, 0.15) is 22.9 Å². The molecule has 1 aromatic heterocycles. The summed E-state index contributed by atoms with van der Waals surface area (Å²) < 4.78 is 25.9. The Bertz CT molecular complexity index is 1360. The minimum absolute atomic E-state index is 0.0164. The van der Waals surface area contributed by atoms with Crippen molar-refractivity contribution in [2.24, 2.45) is 0 Å². The second kappa shape index (κ2) is 14.0. The SMILES string of the molecule is CCC(SC)C(Nc1c(Nc2cccc(C(=O)N3CCC[C@H]3C)c2F)c(=O)c1=O)c1ccc(C)o1.COC(C)C. The summed E-state index contributed by atoms with van der Waals surface area (Å²) in [7, 11) is 1.70. The van der Waals surface area contributed by atoms with Crippen molar-refractivity contribution in [2.75, 3.05) is 30.5 Å². The highest BCUT2D eigenvalue weighted by Crippen LogP contribution is 2.34. The standard InChI is InChI=1S/C26H30FN3O4S.C4H10O/c1-5-19(35-4)21(18-12-11-15(3)34-18)29-23-22(24(31)25(23)32)28-17-10-6-9-16(20(17)27)26(33)30-13-7-8-14(30)2;1-4(2)5-3/h6,9-12,14,19,21,28-29H,5,7-8,13H2,1-4H3;4H,1-3H3/t14-,19?,21?;/m1./s1. The van der Waals surface area contributed by atoms with Crippen molar-refractivity contribution < 1.29 is 18.3 Å². The number of anilines is 3. The number of amides is 1. The zero-order valence-corrected chi connectivity index (χ0v) is 25.1. The van der Waals surface area contributed by atoms with Crippen molar-refractivity contribution in [3.63, 3.8) is 0 Å². The number of halogens is 1. The molecule has 2 aromatic carbocycles. The van der Waals surface area contributed by atoms with Gasteiger partial charge >= 0.3 is 0 Å². The average Bonchev–Trinajstić information content (AvgIpc) is 3.58. The van der Waals surface area contributed by atoms with E-state index in [1.807, 2.05) is 53.0 Å². The normalized spacial score (nSPS) is 16.5. The van der Waals surface area contributed by atoms with Gasteiger partial charge in [0, 0.05) is 24.9 Å². The number of hydrogen-bond donors (Lipinski definition) is 2. The van der Waals surface area contributed by atoms with E-state index in [2.05, 4.69) is 10.6 Å². The third-order valence-electron chi connectivity index (χ3n) is 7.13. The number of ether oxygens (including phenoxy) is 1. The monoisotopic (exact) mass is 573 g/mol. The minimum atomic E-state index is -0.746. The lowest BCUT2D eigenvalue weighted by Gasteiger charge is -2.27. The third kappa shape index (κ3) is 6.96. The highest BCUT2D eigenvalue weighted by molar-refractivity contribution is 7.99. The van der Waals surface area contributed by atoms with Crippen molar-refractivity contribution >= 4 is 34.7 Å². The van der Waals surface area contributed by atoms with Crippen molar-refractivity contribution in [2.45, 2.75) is 77.3 Å². The van der Waals surface area contributed by atoms with E-state index < -0.39 is 16.7 Å². The summed E-state index contributed by atoms with van der Waals surface area (Å²) in [4.78, 5) is 39.5. The number of furan rings is 1. The molecule has 0 bridgehead atoms. The third-order valence-corrected chi connectivity index (χ3v) is 8.34. The molecule has 0 aliphatic carbocycles. The molecule has 1 amide bonds. The molecule has 3 atom stereocenters. The highest BCUT2D eigenvalue weighted by Gasteiger charge is 2.31. The smallest absolute Gasteiger partial charge is 0.257 e. The van der Waals surface area contributed by atoms with Crippen LogP contribution in [-0.4, -0.2) is 48.1 Å². The van der Waals surface area contributed by atoms with Crippen LogP contribution in [0.25, 0.3) is 0 Å². The number of benzene rings is 1. The number of carbonyl (C=O) groups excluding carboxylic acids is 1. The lowest BCUT2D eigenvalue weighted by Crippen LogP contribution is -2.39. The molecule has 0 radical (unpaired) electrons. The Labute approximate surface area is 239 Å². The summed E-state index contributed by atoms with van der Waals surface area (Å²) in [6.45, 7) is 10.4. The van der Waals surface area contributed by atoms with E-state index in [4.69, 9.17) is 9.15 Å². The van der Waals surface area contributed by atoms with Gasteiger partial charge in [-0.05, 0) is 77.5 Å². The zero-order chi connectivity index (χ0) is 29.6. The van der Waals surface area contributed by atoms with Gasteiger partial charge in [-0.2, -0.15) is 11.8 Å². The van der Waals surface area contributed by atoms with Crippen LogP contribution in [0.15, 0.2) is 44.3 Å². The number of thioether (sulfide) groups is 1. The Balaban J connectivity index is 0.000000810. The van der Waals surface area contributed by atoms with Gasteiger partial charge in [-0.25, -0.2) is 4.39 Å². The van der Waals surface area contributed by atoms with E-state index in [1.165, 1.54) is 12.1 Å². The number of rotatable bonds is 10. The fourth-order valence-electron chi connectivity index (χ4n) is 4.63. The van der Waals surface area contributed by atoms with Gasteiger partial charge in [0.2, 0.25) is 0 Å². The predicted molar refractivity (Wildman–Crippen MR) is 160 cm³/mol. The topological polar surface area (TPSA) is 101 Å². The molecule has 0 spiro atoms. The van der Waals surface area contributed by atoms with E-state index in [1.54, 1.807) is 29.8 Å². The number of hydrogen-bond acceptors (Lipinski definition) is 8. The summed E-state index contributed by atoms with van der Waals surface area (Å²) in [5, 5.41) is 6.02. The molecule has 218 valence electrons. The number of nitrogens with zero attached hydrogens (tertiary/aromatic N) is 1. The lowest BCUT2D eigenvalue weighted by atomic mass is 10.1. The first-order valence-electron chi connectivity index (χ1n) is 13.6. The van der Waals surface area contributed by atoms with E-state index >= 15 is 4.39 Å². The molecule has 1 fully saturated rings. The quantitative estimate of drug-likeness (QED) is 0.284. The summed E-state index contributed by atoms with van der Waals surface area (Å²) in [5.41, 5.74) is -1.42. The molecule has 8 nitrogen and oxygen atoms in total. The molecule has 3 aromatic rings. The predicted octanol–water partition coefficient (Wildman–Crippen LogP) is 6.03. The van der Waals surface area contributed by atoms with Crippen molar-refractivity contribution in [1.82, 2.24) is 4.90 Å². The van der Waals surface area contributed by atoms with E-state index in [9.17, 15) is 14.4 Å². The summed E-state index contributed by atoms with van der Waals surface area (Å²) in [6.07, 6.45) is 4.92. The molecule has 1 aliphatic rings. The molecule has 2 N–H and O–H groups in total. The van der Waals surface area contributed by atoms with Gasteiger partial charge in [0.05, 0.1) is 23.4 Å². The zero-order valence-electron chi connectivity index (χ0n) is 24.3. The van der Waals surface area contributed by atoms with Crippen molar-refractivity contribution in [3.05, 3.63) is 73.7 Å². The number of likely N-dealkylation sites (tertiary alicyclic amines) is 1. The molecule has 2 heterocycles. The van der Waals surface area contributed by atoms with Gasteiger partial charge in [0.25, 0.3) is 16.8 Å². The van der Waals surface area contributed by atoms with Crippen LogP contribution in [-0.2, 0) is 4.74 Å². The Morgan fingerprint density at radius 3 is 2.40 bits per heavy atom. The van der Waals surface area contributed by atoms with Gasteiger partial charge in [-0.15, -0.1) is 0 Å². The summed E-state index contributed by atoms with van der Waals surface area (Å²) >= 11 is 1.62. The largest absolute Gasteiger partial charge is 0.464 e. The fourth-order valence-corrected chi connectivity index (χ4v) is 5.44. The van der Waals surface area contributed by atoms with Crippen LogP contribution in [0.2, 0.25) is 0 Å². The summed E-state index contributed by atoms with van der Waals surface area (Å²) in [5.74, 6) is 0.269. The Kier molecular flexibility index (Phi) is 11.0. The molecule has 40 heavy (non-hydrogen) atoms. The van der Waals surface area contributed by atoms with Gasteiger partial charge in [-0.3, -0.25) is 14.4 Å². The van der Waals surface area contributed by atoms with Crippen LogP contribution in [0.1, 0.15) is 74.9 Å². The van der Waals surface area contributed by atoms with Gasteiger partial charge in [-0.1, -0.05) is 13.0 Å². The number of carbonyl (C=O) groups is 1. The van der Waals surface area contributed by atoms with Crippen molar-refractivity contribution in [1.29, 1.82) is 0 Å². The first kappa shape index (κ1) is 31.4.